The van der Waals surface area contributed by atoms with Gasteiger partial charge in [0.25, 0.3) is 0 Å². The number of rotatable bonds is 5. The summed E-state index contributed by atoms with van der Waals surface area (Å²) in [5.41, 5.74) is 1.63. The number of anilines is 1. The average molecular weight is 451 g/mol. The first-order valence-corrected chi connectivity index (χ1v) is 13.3. The Kier molecular flexibility index (Phi) is 6.25. The lowest BCUT2D eigenvalue weighted by Crippen LogP contribution is -2.52. The highest BCUT2D eigenvalue weighted by atomic mass is 16.5. The quantitative estimate of drug-likeness (QED) is 0.577. The summed E-state index contributed by atoms with van der Waals surface area (Å²) in [6.07, 6.45) is 11.1. The molecular weight excluding hydrogens is 408 g/mol. The van der Waals surface area contributed by atoms with Crippen molar-refractivity contribution in [1.29, 1.82) is 5.26 Å². The molecule has 180 valence electrons. The Hall–Kier alpha value is -1.57. The third kappa shape index (κ3) is 4.10. The summed E-state index contributed by atoms with van der Waals surface area (Å²) in [7, 11) is 1.72. The fraction of sp³-hybridized carbons (Fsp3) is 0.759. The van der Waals surface area contributed by atoms with E-state index in [1.165, 1.54) is 44.9 Å². The first-order chi connectivity index (χ1) is 15.9. The van der Waals surface area contributed by atoms with Crippen LogP contribution in [0.3, 0.4) is 0 Å². The van der Waals surface area contributed by atoms with Gasteiger partial charge < -0.3 is 15.2 Å². The van der Waals surface area contributed by atoms with Crippen LogP contribution in [0.2, 0.25) is 0 Å². The average Bonchev–Trinajstić information content (AvgIpc) is 3.16. The zero-order valence-corrected chi connectivity index (χ0v) is 20.7. The largest absolute Gasteiger partial charge is 0.387 e. The monoisotopic (exact) mass is 450 g/mol. The first kappa shape index (κ1) is 23.2. The highest BCUT2D eigenvalue weighted by Gasteiger charge is 2.58. The first-order valence-electron chi connectivity index (χ1n) is 13.3. The maximum absolute atomic E-state index is 11.0. The summed E-state index contributed by atoms with van der Waals surface area (Å²) < 4.78 is 5.36. The molecule has 4 aliphatic carbocycles. The van der Waals surface area contributed by atoms with Gasteiger partial charge in [0, 0.05) is 18.8 Å². The molecule has 0 saturated heterocycles. The van der Waals surface area contributed by atoms with Crippen LogP contribution >= 0.6 is 0 Å². The number of ether oxygens (including phenoxy) is 1. The zero-order chi connectivity index (χ0) is 23.2. The second-order valence-electron chi connectivity index (χ2n) is 12.2. The van der Waals surface area contributed by atoms with E-state index < -0.39 is 5.60 Å². The minimum absolute atomic E-state index is 0.415. The van der Waals surface area contributed by atoms with Gasteiger partial charge in [-0.05, 0) is 124 Å². The highest BCUT2D eigenvalue weighted by molar-refractivity contribution is 5.49. The third-order valence-corrected chi connectivity index (χ3v) is 10.6. The molecule has 0 heterocycles. The van der Waals surface area contributed by atoms with E-state index in [1.807, 2.05) is 18.2 Å². The molecule has 1 aromatic carbocycles. The Morgan fingerprint density at radius 1 is 1.12 bits per heavy atom. The van der Waals surface area contributed by atoms with Crippen LogP contribution in [-0.2, 0) is 4.74 Å². The van der Waals surface area contributed by atoms with Crippen molar-refractivity contribution >= 4 is 5.69 Å². The molecule has 0 bridgehead atoms. The van der Waals surface area contributed by atoms with Crippen molar-refractivity contribution in [1.82, 2.24) is 0 Å². The highest BCUT2D eigenvalue weighted by Crippen LogP contribution is 2.65. The molecule has 2 N–H and O–H groups in total. The van der Waals surface area contributed by atoms with Gasteiger partial charge in [-0.2, -0.15) is 5.26 Å². The molecule has 0 radical (unpaired) electrons. The lowest BCUT2D eigenvalue weighted by Gasteiger charge is -2.57. The fourth-order valence-corrected chi connectivity index (χ4v) is 9.27. The van der Waals surface area contributed by atoms with Crippen LogP contribution in [0.25, 0.3) is 0 Å². The van der Waals surface area contributed by atoms with Crippen LogP contribution in [0, 0.1) is 52.3 Å². The van der Waals surface area contributed by atoms with E-state index >= 15 is 0 Å². The number of nitrogens with zero attached hydrogens (tertiary/aromatic N) is 1. The normalized spacial score (nSPS) is 43.0. The van der Waals surface area contributed by atoms with Gasteiger partial charge in [-0.1, -0.05) is 13.0 Å². The van der Waals surface area contributed by atoms with Crippen LogP contribution in [0.4, 0.5) is 5.69 Å². The minimum Gasteiger partial charge on any atom is -0.387 e. The molecule has 4 aliphatic rings. The molecule has 0 aromatic heterocycles. The SMILES string of the molecule is COC[C@@]1(O)CC[C@H]2[C@H](CC[C@@H]3[C@@H]2CC[C@]2(C)[C@@H]([C@H](C)Nc4cccc(C#N)c4)CC[C@@H]32)C1. The Bertz CT molecular complexity index is 896. The van der Waals surface area contributed by atoms with Crippen molar-refractivity contribution in [2.24, 2.45) is 40.9 Å². The number of nitriles is 1. The number of nitrogens with one attached hydrogen (secondary N) is 1. The van der Waals surface area contributed by atoms with Crippen LogP contribution in [0.15, 0.2) is 24.3 Å². The van der Waals surface area contributed by atoms with Gasteiger partial charge in [-0.15, -0.1) is 0 Å². The molecule has 1 aromatic rings. The van der Waals surface area contributed by atoms with Gasteiger partial charge in [0.05, 0.1) is 23.8 Å². The van der Waals surface area contributed by atoms with E-state index in [0.717, 1.165) is 47.8 Å². The van der Waals surface area contributed by atoms with Gasteiger partial charge in [0.1, 0.15) is 0 Å². The third-order valence-electron chi connectivity index (χ3n) is 10.6. The second kappa shape index (κ2) is 8.90. The van der Waals surface area contributed by atoms with Crippen LogP contribution in [0.5, 0.6) is 0 Å². The van der Waals surface area contributed by atoms with E-state index in [-0.39, 0.29) is 0 Å². The number of hydrogen-bond acceptors (Lipinski definition) is 4. The molecule has 4 nitrogen and oxygen atoms in total. The van der Waals surface area contributed by atoms with Gasteiger partial charge in [0.2, 0.25) is 0 Å². The van der Waals surface area contributed by atoms with Gasteiger partial charge in [-0.3, -0.25) is 0 Å². The van der Waals surface area contributed by atoms with E-state index in [4.69, 9.17) is 4.74 Å². The van der Waals surface area contributed by atoms with Crippen molar-refractivity contribution in [2.45, 2.75) is 83.3 Å². The van der Waals surface area contributed by atoms with Gasteiger partial charge >= 0.3 is 0 Å². The Balaban J connectivity index is 1.28. The van der Waals surface area contributed by atoms with E-state index in [2.05, 4.69) is 31.3 Å². The molecule has 0 aliphatic heterocycles. The molecule has 0 spiro atoms. The van der Waals surface area contributed by atoms with E-state index in [9.17, 15) is 10.4 Å². The number of fused-ring (bicyclic) bond motifs is 5. The Labute approximate surface area is 200 Å². The molecule has 33 heavy (non-hydrogen) atoms. The van der Waals surface area contributed by atoms with Crippen molar-refractivity contribution in [3.05, 3.63) is 29.8 Å². The number of methoxy groups -OCH3 is 1. The molecular formula is C29H42N2O2. The maximum atomic E-state index is 11.0. The number of hydrogen-bond donors (Lipinski definition) is 2. The lowest BCUT2D eigenvalue weighted by atomic mass is 9.48. The standard InChI is InChI=1S/C29H42N2O2/c1-19(31-22-6-4-5-20(15-22)17-30)26-9-10-27-25-8-7-21-16-29(32,18-33-3)14-12-23(21)24(25)11-13-28(26,27)2/h4-6,15,19,21,23-27,31-32H,7-14,16,18H2,1-3H3/t19-,21+,23-,24+,25+,26+,27-,28+,29+/m0/s1. The molecule has 4 fully saturated rings. The number of benzene rings is 1. The molecule has 5 rings (SSSR count). The van der Waals surface area contributed by atoms with Crippen LogP contribution < -0.4 is 5.32 Å². The smallest absolute Gasteiger partial charge is 0.0992 e. The van der Waals surface area contributed by atoms with E-state index in [0.29, 0.717) is 29.9 Å². The predicted molar refractivity (Wildman–Crippen MR) is 132 cm³/mol. The van der Waals surface area contributed by atoms with Crippen molar-refractivity contribution in [2.75, 3.05) is 19.0 Å². The van der Waals surface area contributed by atoms with Crippen molar-refractivity contribution in [3.63, 3.8) is 0 Å². The van der Waals surface area contributed by atoms with Crippen LogP contribution in [-0.4, -0.2) is 30.5 Å². The maximum Gasteiger partial charge on any atom is 0.0992 e. The zero-order valence-electron chi connectivity index (χ0n) is 20.7. The summed E-state index contributed by atoms with van der Waals surface area (Å²) in [6.45, 7) is 5.45. The minimum atomic E-state index is -0.589. The lowest BCUT2D eigenvalue weighted by molar-refractivity contribution is -0.124. The number of aliphatic hydroxyl groups is 1. The second-order valence-corrected chi connectivity index (χ2v) is 12.2. The Morgan fingerprint density at radius 2 is 1.94 bits per heavy atom. The summed E-state index contributed by atoms with van der Waals surface area (Å²) in [5, 5.41) is 24.0. The molecule has 0 unspecified atom stereocenters. The van der Waals surface area contributed by atoms with Crippen LogP contribution in [0.1, 0.15) is 77.2 Å². The van der Waals surface area contributed by atoms with Gasteiger partial charge in [-0.25, -0.2) is 0 Å². The molecule has 0 amide bonds. The predicted octanol–water partition coefficient (Wildman–Crippen LogP) is 6.00. The van der Waals surface area contributed by atoms with Crippen molar-refractivity contribution < 1.29 is 9.84 Å². The fourth-order valence-electron chi connectivity index (χ4n) is 9.27. The molecule has 9 atom stereocenters. The summed E-state index contributed by atoms with van der Waals surface area (Å²) in [4.78, 5) is 0. The summed E-state index contributed by atoms with van der Waals surface area (Å²) >= 11 is 0. The Morgan fingerprint density at radius 3 is 2.73 bits per heavy atom. The van der Waals surface area contributed by atoms with Crippen molar-refractivity contribution in [3.8, 4) is 6.07 Å². The topological polar surface area (TPSA) is 65.3 Å². The van der Waals surface area contributed by atoms with Gasteiger partial charge in [0.15, 0.2) is 0 Å². The van der Waals surface area contributed by atoms with E-state index in [1.54, 1.807) is 7.11 Å². The molecule has 4 heteroatoms. The summed E-state index contributed by atoms with van der Waals surface area (Å²) in [5.74, 6) is 4.77. The molecule has 4 saturated carbocycles. The summed E-state index contributed by atoms with van der Waals surface area (Å²) in [6, 6.07) is 10.6.